The van der Waals surface area contributed by atoms with Gasteiger partial charge in [-0.2, -0.15) is 5.26 Å². The van der Waals surface area contributed by atoms with Crippen LogP contribution in [0.2, 0.25) is 5.02 Å². The Labute approximate surface area is 120 Å². The first-order valence-corrected chi connectivity index (χ1v) is 6.21. The Balaban J connectivity index is 2.05. The lowest BCUT2D eigenvalue weighted by atomic mass is 10.1. The Morgan fingerprint density at radius 2 is 1.95 bits per heavy atom. The summed E-state index contributed by atoms with van der Waals surface area (Å²) in [7, 11) is 0. The van der Waals surface area contributed by atoms with Gasteiger partial charge < -0.3 is 5.32 Å². The van der Waals surface area contributed by atoms with E-state index < -0.39 is 11.7 Å². The average molecular weight is 289 g/mol. The quantitative estimate of drug-likeness (QED) is 0.942. The minimum absolute atomic E-state index is 0.0975. The molecule has 0 radical (unpaired) electrons. The van der Waals surface area contributed by atoms with Gasteiger partial charge in [0, 0.05) is 6.54 Å². The highest BCUT2D eigenvalue weighted by atomic mass is 35.5. The summed E-state index contributed by atoms with van der Waals surface area (Å²) < 4.78 is 13.2. The number of rotatable bonds is 3. The molecule has 2 rings (SSSR count). The summed E-state index contributed by atoms with van der Waals surface area (Å²) in [5, 5.41) is 11.1. The molecule has 1 N–H and O–H groups in total. The van der Waals surface area contributed by atoms with E-state index in [1.807, 2.05) is 6.07 Å². The van der Waals surface area contributed by atoms with Gasteiger partial charge in [-0.3, -0.25) is 4.79 Å². The number of halogens is 2. The Bertz CT molecular complexity index is 677. The van der Waals surface area contributed by atoms with Crippen molar-refractivity contribution in [2.24, 2.45) is 0 Å². The average Bonchev–Trinajstić information content (AvgIpc) is 2.48. The van der Waals surface area contributed by atoms with E-state index in [2.05, 4.69) is 5.32 Å². The summed E-state index contributed by atoms with van der Waals surface area (Å²) in [5.74, 6) is -1.07. The van der Waals surface area contributed by atoms with Crippen LogP contribution in [0.5, 0.6) is 0 Å². The fourth-order valence-corrected chi connectivity index (χ4v) is 1.87. The summed E-state index contributed by atoms with van der Waals surface area (Å²) >= 11 is 5.74. The normalized spacial score (nSPS) is 9.85. The molecule has 0 atom stereocenters. The first kappa shape index (κ1) is 14.0. The second-order valence-corrected chi connectivity index (χ2v) is 4.47. The standard InChI is InChI=1S/C15H10ClFN2O/c16-14-12(2-1-3-13(14)17)15(20)19-9-11-6-4-10(8-18)5-7-11/h1-7H,9H2,(H,19,20). The molecule has 20 heavy (non-hydrogen) atoms. The summed E-state index contributed by atoms with van der Waals surface area (Å²) in [6, 6.07) is 12.9. The fourth-order valence-electron chi connectivity index (χ4n) is 1.65. The summed E-state index contributed by atoms with van der Waals surface area (Å²) in [5.41, 5.74) is 1.48. The molecule has 0 heterocycles. The van der Waals surface area contributed by atoms with Crippen LogP contribution in [-0.2, 0) is 6.54 Å². The molecule has 0 fully saturated rings. The van der Waals surface area contributed by atoms with Gasteiger partial charge in [-0.05, 0) is 29.8 Å². The van der Waals surface area contributed by atoms with Gasteiger partial charge in [-0.25, -0.2) is 4.39 Å². The highest BCUT2D eigenvalue weighted by Gasteiger charge is 2.12. The number of carbonyl (C=O) groups excluding carboxylic acids is 1. The minimum atomic E-state index is -0.627. The van der Waals surface area contributed by atoms with Crippen LogP contribution < -0.4 is 5.32 Å². The van der Waals surface area contributed by atoms with Crippen LogP contribution in [0.25, 0.3) is 0 Å². The fraction of sp³-hybridized carbons (Fsp3) is 0.0667. The highest BCUT2D eigenvalue weighted by molar-refractivity contribution is 6.34. The molecule has 5 heteroatoms. The van der Waals surface area contributed by atoms with E-state index in [1.54, 1.807) is 24.3 Å². The second kappa shape index (κ2) is 6.18. The van der Waals surface area contributed by atoms with Crippen molar-refractivity contribution >= 4 is 17.5 Å². The third kappa shape index (κ3) is 3.14. The maximum Gasteiger partial charge on any atom is 0.253 e. The Morgan fingerprint density at radius 1 is 1.25 bits per heavy atom. The van der Waals surface area contributed by atoms with Gasteiger partial charge in [0.15, 0.2) is 0 Å². The number of nitrogens with zero attached hydrogens (tertiary/aromatic N) is 1. The van der Waals surface area contributed by atoms with Crippen molar-refractivity contribution in [1.29, 1.82) is 5.26 Å². The maximum absolute atomic E-state index is 13.2. The number of nitriles is 1. The molecule has 0 aromatic heterocycles. The smallest absolute Gasteiger partial charge is 0.253 e. The molecule has 0 aliphatic heterocycles. The summed E-state index contributed by atoms with van der Waals surface area (Å²) in [6.45, 7) is 0.275. The molecule has 2 aromatic rings. The lowest BCUT2D eigenvalue weighted by Crippen LogP contribution is -2.23. The lowest BCUT2D eigenvalue weighted by molar-refractivity contribution is 0.0950. The third-order valence-electron chi connectivity index (χ3n) is 2.73. The molecule has 0 bridgehead atoms. The molecular formula is C15H10ClFN2O. The number of nitrogens with one attached hydrogen (secondary N) is 1. The maximum atomic E-state index is 13.2. The van der Waals surface area contributed by atoms with Gasteiger partial charge in [0.05, 0.1) is 22.2 Å². The van der Waals surface area contributed by atoms with Crippen LogP contribution in [0.3, 0.4) is 0 Å². The molecule has 3 nitrogen and oxygen atoms in total. The van der Waals surface area contributed by atoms with Crippen LogP contribution in [-0.4, -0.2) is 5.91 Å². The van der Waals surface area contributed by atoms with Crippen LogP contribution in [0, 0.1) is 17.1 Å². The van der Waals surface area contributed by atoms with E-state index in [4.69, 9.17) is 16.9 Å². The monoisotopic (exact) mass is 288 g/mol. The highest BCUT2D eigenvalue weighted by Crippen LogP contribution is 2.19. The predicted octanol–water partition coefficient (Wildman–Crippen LogP) is 3.28. The van der Waals surface area contributed by atoms with Crippen molar-refractivity contribution in [1.82, 2.24) is 5.32 Å². The topological polar surface area (TPSA) is 52.9 Å². The zero-order chi connectivity index (χ0) is 14.5. The largest absolute Gasteiger partial charge is 0.348 e. The van der Waals surface area contributed by atoms with Crippen LogP contribution in [0.4, 0.5) is 4.39 Å². The molecule has 100 valence electrons. The molecule has 0 saturated carbocycles. The number of hydrogen-bond acceptors (Lipinski definition) is 2. The van der Waals surface area contributed by atoms with Crippen molar-refractivity contribution in [3.63, 3.8) is 0 Å². The van der Waals surface area contributed by atoms with Crippen LogP contribution >= 0.6 is 11.6 Å². The van der Waals surface area contributed by atoms with Crippen molar-refractivity contribution in [2.45, 2.75) is 6.54 Å². The first-order valence-electron chi connectivity index (χ1n) is 5.83. The number of hydrogen-bond donors (Lipinski definition) is 1. The van der Waals surface area contributed by atoms with Gasteiger partial charge in [0.1, 0.15) is 5.82 Å². The molecule has 0 saturated heterocycles. The molecular weight excluding hydrogens is 279 g/mol. The number of amides is 1. The van der Waals surface area contributed by atoms with Gasteiger partial charge in [-0.15, -0.1) is 0 Å². The van der Waals surface area contributed by atoms with Gasteiger partial charge >= 0.3 is 0 Å². The Hall–Kier alpha value is -2.38. The summed E-state index contributed by atoms with van der Waals surface area (Å²) in [4.78, 5) is 11.9. The SMILES string of the molecule is N#Cc1ccc(CNC(=O)c2cccc(F)c2Cl)cc1. The van der Waals surface area contributed by atoms with Crippen molar-refractivity contribution in [3.8, 4) is 6.07 Å². The van der Waals surface area contributed by atoms with Crippen molar-refractivity contribution < 1.29 is 9.18 Å². The van der Waals surface area contributed by atoms with E-state index in [9.17, 15) is 9.18 Å². The van der Waals surface area contributed by atoms with Crippen LogP contribution in [0.1, 0.15) is 21.5 Å². The molecule has 0 aliphatic carbocycles. The van der Waals surface area contributed by atoms with E-state index in [0.717, 1.165) is 5.56 Å². The molecule has 0 aliphatic rings. The summed E-state index contributed by atoms with van der Waals surface area (Å²) in [6.07, 6.45) is 0. The number of benzene rings is 2. The molecule has 0 unspecified atom stereocenters. The predicted molar refractivity (Wildman–Crippen MR) is 73.7 cm³/mol. The van der Waals surface area contributed by atoms with E-state index in [-0.39, 0.29) is 17.1 Å². The van der Waals surface area contributed by atoms with Crippen LogP contribution in [0.15, 0.2) is 42.5 Å². The Kier molecular flexibility index (Phi) is 4.34. The van der Waals surface area contributed by atoms with Crippen molar-refractivity contribution in [2.75, 3.05) is 0 Å². The second-order valence-electron chi connectivity index (χ2n) is 4.09. The van der Waals surface area contributed by atoms with E-state index >= 15 is 0 Å². The number of carbonyl (C=O) groups is 1. The van der Waals surface area contributed by atoms with Gasteiger partial charge in [0.2, 0.25) is 0 Å². The van der Waals surface area contributed by atoms with E-state index in [0.29, 0.717) is 5.56 Å². The third-order valence-corrected chi connectivity index (χ3v) is 3.12. The zero-order valence-electron chi connectivity index (χ0n) is 10.4. The van der Waals surface area contributed by atoms with Crippen molar-refractivity contribution in [3.05, 3.63) is 70.0 Å². The molecule has 1 amide bonds. The van der Waals surface area contributed by atoms with E-state index in [1.165, 1.54) is 18.2 Å². The molecule has 2 aromatic carbocycles. The zero-order valence-corrected chi connectivity index (χ0v) is 11.1. The lowest BCUT2D eigenvalue weighted by Gasteiger charge is -2.07. The first-order chi connectivity index (χ1) is 9.61. The molecule has 0 spiro atoms. The van der Waals surface area contributed by atoms with Gasteiger partial charge in [0.25, 0.3) is 5.91 Å². The Morgan fingerprint density at radius 3 is 2.60 bits per heavy atom. The minimum Gasteiger partial charge on any atom is -0.348 e. The van der Waals surface area contributed by atoms with Gasteiger partial charge in [-0.1, -0.05) is 29.8 Å².